The molecule has 134 valence electrons. The zero-order valence-corrected chi connectivity index (χ0v) is 15.8. The van der Waals surface area contributed by atoms with E-state index in [-0.39, 0.29) is 18.0 Å². The molecule has 6 heteroatoms. The largest absolute Gasteiger partial charge is 0.465 e. The number of rotatable bonds is 6. The molecule has 2 rings (SSSR count). The summed E-state index contributed by atoms with van der Waals surface area (Å²) in [7, 11) is -3.89. The van der Waals surface area contributed by atoms with Gasteiger partial charge in [-0.3, -0.25) is 9.10 Å². The number of ether oxygens (including phenoxy) is 1. The van der Waals surface area contributed by atoms with Gasteiger partial charge in [0.1, 0.15) is 6.54 Å². The molecule has 25 heavy (non-hydrogen) atoms. The lowest BCUT2D eigenvalue weighted by Crippen LogP contribution is -2.37. The first-order valence-corrected chi connectivity index (χ1v) is 9.52. The Kier molecular flexibility index (Phi) is 5.85. The molecule has 0 aliphatic heterocycles. The molecule has 0 unspecified atom stereocenters. The SMILES string of the molecule is CCOC(=O)CN(c1cc(C)ccc1C)S(=O)(=O)c1ccc(C)cc1. The number of esters is 1. The molecular formula is C19H23NO4S. The second-order valence-corrected chi connectivity index (χ2v) is 7.78. The van der Waals surface area contributed by atoms with E-state index >= 15 is 0 Å². The number of anilines is 1. The fraction of sp³-hybridized carbons (Fsp3) is 0.316. The Morgan fingerprint density at radius 3 is 2.20 bits per heavy atom. The van der Waals surface area contributed by atoms with Crippen LogP contribution in [0.4, 0.5) is 5.69 Å². The lowest BCUT2D eigenvalue weighted by Gasteiger charge is -2.25. The molecule has 0 aliphatic carbocycles. The van der Waals surface area contributed by atoms with Crippen LogP contribution in [0.25, 0.3) is 0 Å². The predicted molar refractivity (Wildman–Crippen MR) is 98.3 cm³/mol. The van der Waals surface area contributed by atoms with Gasteiger partial charge in [-0.2, -0.15) is 0 Å². The maximum Gasteiger partial charge on any atom is 0.326 e. The van der Waals surface area contributed by atoms with E-state index in [0.29, 0.717) is 5.69 Å². The predicted octanol–water partition coefficient (Wildman–Crippen LogP) is 3.37. The third-order valence-corrected chi connectivity index (χ3v) is 5.59. The first-order valence-electron chi connectivity index (χ1n) is 8.08. The van der Waals surface area contributed by atoms with Gasteiger partial charge < -0.3 is 4.74 Å². The average molecular weight is 361 g/mol. The molecule has 0 aromatic heterocycles. The Morgan fingerprint density at radius 2 is 1.60 bits per heavy atom. The number of aryl methyl sites for hydroxylation is 3. The minimum atomic E-state index is -3.89. The summed E-state index contributed by atoms with van der Waals surface area (Å²) < 4.78 is 32.4. The molecule has 5 nitrogen and oxygen atoms in total. The molecule has 0 atom stereocenters. The molecule has 0 fully saturated rings. The smallest absolute Gasteiger partial charge is 0.326 e. The highest BCUT2D eigenvalue weighted by Gasteiger charge is 2.28. The molecule has 0 saturated carbocycles. The topological polar surface area (TPSA) is 63.7 Å². The lowest BCUT2D eigenvalue weighted by molar-refractivity contribution is -0.141. The van der Waals surface area contributed by atoms with E-state index in [1.165, 1.54) is 0 Å². The molecule has 2 aromatic carbocycles. The van der Waals surface area contributed by atoms with Crippen LogP contribution in [0.2, 0.25) is 0 Å². The molecular weight excluding hydrogens is 338 g/mol. The van der Waals surface area contributed by atoms with Crippen molar-refractivity contribution < 1.29 is 17.9 Å². The Morgan fingerprint density at radius 1 is 1.00 bits per heavy atom. The second kappa shape index (κ2) is 7.70. The summed E-state index contributed by atoms with van der Waals surface area (Å²) >= 11 is 0. The van der Waals surface area contributed by atoms with Crippen LogP contribution in [-0.2, 0) is 19.6 Å². The van der Waals surface area contributed by atoms with Gasteiger partial charge in [-0.25, -0.2) is 8.42 Å². The summed E-state index contributed by atoms with van der Waals surface area (Å²) in [6.07, 6.45) is 0. The van der Waals surface area contributed by atoms with Crippen molar-refractivity contribution in [1.29, 1.82) is 0 Å². The van der Waals surface area contributed by atoms with Crippen LogP contribution in [0.15, 0.2) is 47.4 Å². The summed E-state index contributed by atoms with van der Waals surface area (Å²) in [4.78, 5) is 12.2. The Balaban J connectivity index is 2.55. The fourth-order valence-corrected chi connectivity index (χ4v) is 3.91. The van der Waals surface area contributed by atoms with Crippen molar-refractivity contribution in [2.24, 2.45) is 0 Å². The van der Waals surface area contributed by atoms with Crippen LogP contribution in [0, 0.1) is 20.8 Å². The van der Waals surface area contributed by atoms with Gasteiger partial charge in [-0.1, -0.05) is 29.8 Å². The number of carbonyl (C=O) groups excluding carboxylic acids is 1. The minimum Gasteiger partial charge on any atom is -0.465 e. The first-order chi connectivity index (χ1) is 11.8. The van der Waals surface area contributed by atoms with Gasteiger partial charge in [0.2, 0.25) is 0 Å². The van der Waals surface area contributed by atoms with E-state index in [4.69, 9.17) is 4.74 Å². The number of nitrogens with zero attached hydrogens (tertiary/aromatic N) is 1. The van der Waals surface area contributed by atoms with Crippen LogP contribution in [-0.4, -0.2) is 27.5 Å². The van der Waals surface area contributed by atoms with E-state index in [9.17, 15) is 13.2 Å². The van der Waals surface area contributed by atoms with Gasteiger partial charge in [0.25, 0.3) is 10.0 Å². The number of hydrogen-bond acceptors (Lipinski definition) is 4. The molecule has 0 radical (unpaired) electrons. The number of sulfonamides is 1. The van der Waals surface area contributed by atoms with Crippen LogP contribution >= 0.6 is 0 Å². The van der Waals surface area contributed by atoms with Crippen molar-refractivity contribution in [1.82, 2.24) is 0 Å². The van der Waals surface area contributed by atoms with Crippen molar-refractivity contribution in [3.63, 3.8) is 0 Å². The summed E-state index contributed by atoms with van der Waals surface area (Å²) in [6.45, 7) is 7.10. The quantitative estimate of drug-likeness (QED) is 0.740. The summed E-state index contributed by atoms with van der Waals surface area (Å²) in [5.74, 6) is -0.584. The summed E-state index contributed by atoms with van der Waals surface area (Å²) in [5.41, 5.74) is 3.12. The number of carbonyl (C=O) groups is 1. The maximum atomic E-state index is 13.2. The zero-order chi connectivity index (χ0) is 18.6. The van der Waals surface area contributed by atoms with Gasteiger partial charge in [0.05, 0.1) is 17.2 Å². The van der Waals surface area contributed by atoms with Crippen LogP contribution in [0.1, 0.15) is 23.6 Å². The monoisotopic (exact) mass is 361 g/mol. The normalized spacial score (nSPS) is 11.2. The Hall–Kier alpha value is -2.34. The minimum absolute atomic E-state index is 0.142. The summed E-state index contributed by atoms with van der Waals surface area (Å²) in [6, 6.07) is 12.1. The molecule has 0 amide bonds. The molecule has 0 heterocycles. The standard InChI is InChI=1S/C19H23NO4S/c1-5-24-19(21)13-20(18-12-15(3)6-9-16(18)4)25(22,23)17-10-7-14(2)8-11-17/h6-12H,5,13H2,1-4H3. The van der Waals surface area contributed by atoms with E-state index in [1.54, 1.807) is 37.3 Å². The number of benzene rings is 2. The van der Waals surface area contributed by atoms with Gasteiger partial charge in [0.15, 0.2) is 0 Å². The van der Waals surface area contributed by atoms with Crippen molar-refractivity contribution in [2.45, 2.75) is 32.6 Å². The fourth-order valence-electron chi connectivity index (χ4n) is 2.45. The second-order valence-electron chi connectivity index (χ2n) is 5.92. The third-order valence-electron chi connectivity index (χ3n) is 3.82. The van der Waals surface area contributed by atoms with Crippen LogP contribution < -0.4 is 4.31 Å². The van der Waals surface area contributed by atoms with Crippen molar-refractivity contribution >= 4 is 21.7 Å². The highest BCUT2D eigenvalue weighted by molar-refractivity contribution is 7.92. The Labute approximate surface area is 149 Å². The highest BCUT2D eigenvalue weighted by Crippen LogP contribution is 2.28. The molecule has 2 aromatic rings. The Bertz CT molecular complexity index is 857. The lowest BCUT2D eigenvalue weighted by atomic mass is 10.1. The van der Waals surface area contributed by atoms with E-state index in [0.717, 1.165) is 21.0 Å². The van der Waals surface area contributed by atoms with Crippen molar-refractivity contribution in [3.8, 4) is 0 Å². The molecule has 0 aliphatic rings. The molecule has 0 saturated heterocycles. The third kappa shape index (κ3) is 4.39. The molecule has 0 spiro atoms. The number of hydrogen-bond donors (Lipinski definition) is 0. The van der Waals surface area contributed by atoms with E-state index in [2.05, 4.69) is 0 Å². The van der Waals surface area contributed by atoms with Crippen LogP contribution in [0.5, 0.6) is 0 Å². The van der Waals surface area contributed by atoms with Crippen LogP contribution in [0.3, 0.4) is 0 Å². The van der Waals surface area contributed by atoms with Crippen molar-refractivity contribution in [2.75, 3.05) is 17.5 Å². The van der Waals surface area contributed by atoms with E-state index in [1.807, 2.05) is 32.9 Å². The van der Waals surface area contributed by atoms with Gasteiger partial charge >= 0.3 is 5.97 Å². The van der Waals surface area contributed by atoms with Gasteiger partial charge in [-0.05, 0) is 57.0 Å². The van der Waals surface area contributed by atoms with Crippen molar-refractivity contribution in [3.05, 3.63) is 59.2 Å². The maximum absolute atomic E-state index is 13.2. The highest BCUT2D eigenvalue weighted by atomic mass is 32.2. The molecule has 0 bridgehead atoms. The van der Waals surface area contributed by atoms with Gasteiger partial charge in [-0.15, -0.1) is 0 Å². The van der Waals surface area contributed by atoms with Gasteiger partial charge in [0, 0.05) is 0 Å². The molecule has 0 N–H and O–H groups in total. The average Bonchev–Trinajstić information content (AvgIpc) is 2.55. The summed E-state index contributed by atoms with van der Waals surface area (Å²) in [5, 5.41) is 0. The van der Waals surface area contributed by atoms with E-state index < -0.39 is 16.0 Å². The zero-order valence-electron chi connectivity index (χ0n) is 14.9. The first kappa shape index (κ1) is 19.0.